The Hall–Kier alpha value is -1.19. The summed E-state index contributed by atoms with van der Waals surface area (Å²) in [6.45, 7) is 2.06. The average molecular weight is 138 g/mol. The number of hydrogen-bond donors (Lipinski definition) is 1. The first-order chi connectivity index (χ1) is 4.84. The van der Waals surface area contributed by atoms with Gasteiger partial charge in [0.05, 0.1) is 0 Å². The topological polar surface area (TPSA) is 64.7 Å². The van der Waals surface area contributed by atoms with Gasteiger partial charge in [0, 0.05) is 0 Å². The molecule has 2 N–H and O–H groups in total. The summed E-state index contributed by atoms with van der Waals surface area (Å²) in [4.78, 5) is 3.80. The zero-order valence-electron chi connectivity index (χ0n) is 5.91. The van der Waals surface area contributed by atoms with Crippen molar-refractivity contribution in [3.05, 3.63) is 12.0 Å². The first-order valence-electron chi connectivity index (χ1n) is 3.26. The minimum Gasteiger partial charge on any atom is -0.382 e. The highest BCUT2D eigenvalue weighted by molar-refractivity contribution is 5.31. The fraction of sp³-hybridized carbons (Fsp3) is 0.500. The summed E-state index contributed by atoms with van der Waals surface area (Å²) in [5.41, 5.74) is 6.29. The van der Waals surface area contributed by atoms with Gasteiger partial charge in [0.2, 0.25) is 0 Å². The third kappa shape index (κ3) is 1.40. The molecular weight excluding hydrogens is 128 g/mol. The van der Waals surface area contributed by atoms with Gasteiger partial charge in [-0.2, -0.15) is 5.10 Å². The normalized spacial score (nSPS) is 9.70. The van der Waals surface area contributed by atoms with E-state index >= 15 is 0 Å². The lowest BCUT2D eigenvalue weighted by Gasteiger charge is -1.97. The quantitative estimate of drug-likeness (QED) is 0.642. The summed E-state index contributed by atoms with van der Waals surface area (Å²) in [7, 11) is 0. The molecule has 10 heavy (non-hydrogen) atoms. The van der Waals surface area contributed by atoms with Gasteiger partial charge in [0.15, 0.2) is 0 Å². The molecule has 0 amide bonds. The molecule has 1 rings (SSSR count). The van der Waals surface area contributed by atoms with E-state index in [1.54, 1.807) is 0 Å². The Kier molecular flexibility index (Phi) is 2.15. The van der Waals surface area contributed by atoms with Crippen LogP contribution in [0.15, 0.2) is 6.33 Å². The molecule has 0 saturated heterocycles. The maximum Gasteiger partial charge on any atom is 0.148 e. The van der Waals surface area contributed by atoms with Crippen molar-refractivity contribution in [1.82, 2.24) is 15.2 Å². The molecule has 0 atom stereocenters. The van der Waals surface area contributed by atoms with E-state index in [0.29, 0.717) is 5.82 Å². The number of nitrogens with two attached hydrogens (primary N) is 1. The number of aryl methyl sites for hydroxylation is 1. The third-order valence-electron chi connectivity index (χ3n) is 1.21. The lowest BCUT2D eigenvalue weighted by Crippen LogP contribution is -2.01. The average Bonchev–Trinajstić information content (AvgIpc) is 1.94. The highest BCUT2D eigenvalue weighted by Crippen LogP contribution is 2.03. The van der Waals surface area contributed by atoms with Crippen LogP contribution in [0.3, 0.4) is 0 Å². The van der Waals surface area contributed by atoms with Crippen molar-refractivity contribution < 1.29 is 0 Å². The molecule has 1 heterocycles. The van der Waals surface area contributed by atoms with Gasteiger partial charge < -0.3 is 5.73 Å². The van der Waals surface area contributed by atoms with Crippen molar-refractivity contribution in [3.8, 4) is 0 Å². The van der Waals surface area contributed by atoms with Gasteiger partial charge in [0.1, 0.15) is 17.8 Å². The number of hydrogen-bond acceptors (Lipinski definition) is 4. The van der Waals surface area contributed by atoms with Crippen molar-refractivity contribution in [3.63, 3.8) is 0 Å². The maximum absolute atomic E-state index is 5.49. The van der Waals surface area contributed by atoms with Gasteiger partial charge in [-0.3, -0.25) is 0 Å². The van der Waals surface area contributed by atoms with Crippen LogP contribution in [-0.4, -0.2) is 15.2 Å². The van der Waals surface area contributed by atoms with Crippen molar-refractivity contribution in [1.29, 1.82) is 0 Å². The molecule has 0 aliphatic carbocycles. The highest BCUT2D eigenvalue weighted by Gasteiger charge is 1.98. The predicted octanol–water partition coefficient (Wildman–Crippen LogP) is 0.406. The standard InChI is InChI=1S/C6H10N4/c1-2-3-5-6(7)8-4-9-10-5/h4H,2-3H2,1H3,(H2,7,8,9). The fourth-order valence-electron chi connectivity index (χ4n) is 0.724. The molecular formula is C6H10N4. The molecule has 54 valence electrons. The molecule has 0 saturated carbocycles. The van der Waals surface area contributed by atoms with Crippen LogP contribution in [0.1, 0.15) is 19.0 Å². The molecule has 0 fully saturated rings. The van der Waals surface area contributed by atoms with Gasteiger partial charge in [-0.1, -0.05) is 13.3 Å². The Bertz CT molecular complexity index is 211. The van der Waals surface area contributed by atoms with Crippen molar-refractivity contribution in [2.24, 2.45) is 0 Å². The van der Waals surface area contributed by atoms with Crippen LogP contribution in [0.4, 0.5) is 5.82 Å². The first-order valence-corrected chi connectivity index (χ1v) is 3.26. The molecule has 1 aromatic heterocycles. The van der Waals surface area contributed by atoms with Crippen LogP contribution in [-0.2, 0) is 6.42 Å². The molecule has 4 nitrogen and oxygen atoms in total. The molecule has 0 aliphatic heterocycles. The van der Waals surface area contributed by atoms with E-state index in [-0.39, 0.29) is 0 Å². The van der Waals surface area contributed by atoms with Crippen LogP contribution in [0, 0.1) is 0 Å². The lowest BCUT2D eigenvalue weighted by atomic mass is 10.2. The molecule has 0 spiro atoms. The SMILES string of the molecule is CCCc1nncnc1N. The number of rotatable bonds is 2. The minimum absolute atomic E-state index is 0.497. The largest absolute Gasteiger partial charge is 0.382 e. The van der Waals surface area contributed by atoms with Gasteiger partial charge >= 0.3 is 0 Å². The van der Waals surface area contributed by atoms with Gasteiger partial charge in [0.25, 0.3) is 0 Å². The van der Waals surface area contributed by atoms with E-state index in [1.165, 1.54) is 6.33 Å². The second kappa shape index (κ2) is 3.10. The van der Waals surface area contributed by atoms with E-state index in [2.05, 4.69) is 22.1 Å². The zero-order valence-corrected chi connectivity index (χ0v) is 5.91. The molecule has 0 unspecified atom stereocenters. The Morgan fingerprint density at radius 1 is 1.60 bits per heavy atom. The van der Waals surface area contributed by atoms with E-state index in [0.717, 1.165) is 18.5 Å². The van der Waals surface area contributed by atoms with E-state index < -0.39 is 0 Å². The van der Waals surface area contributed by atoms with Crippen LogP contribution >= 0.6 is 0 Å². The third-order valence-corrected chi connectivity index (χ3v) is 1.21. The van der Waals surface area contributed by atoms with Crippen LogP contribution < -0.4 is 5.73 Å². The second-order valence-corrected chi connectivity index (χ2v) is 2.04. The highest BCUT2D eigenvalue weighted by atomic mass is 15.1. The predicted molar refractivity (Wildman–Crippen MR) is 38.2 cm³/mol. The number of anilines is 1. The van der Waals surface area contributed by atoms with Crippen LogP contribution in [0.2, 0.25) is 0 Å². The summed E-state index contributed by atoms with van der Waals surface area (Å²) < 4.78 is 0. The van der Waals surface area contributed by atoms with Crippen LogP contribution in [0.25, 0.3) is 0 Å². The first kappa shape index (κ1) is 6.92. The molecule has 0 aromatic carbocycles. The van der Waals surface area contributed by atoms with Crippen molar-refractivity contribution in [2.45, 2.75) is 19.8 Å². The molecule has 0 bridgehead atoms. The Morgan fingerprint density at radius 3 is 3.00 bits per heavy atom. The van der Waals surface area contributed by atoms with Crippen molar-refractivity contribution >= 4 is 5.82 Å². The molecule has 4 heteroatoms. The summed E-state index contributed by atoms with van der Waals surface area (Å²) >= 11 is 0. The van der Waals surface area contributed by atoms with Crippen molar-refractivity contribution in [2.75, 3.05) is 5.73 Å². The number of nitrogens with zero attached hydrogens (tertiary/aromatic N) is 3. The molecule has 1 aromatic rings. The maximum atomic E-state index is 5.49. The number of nitrogen functional groups attached to an aromatic ring is 1. The zero-order chi connectivity index (χ0) is 7.40. The van der Waals surface area contributed by atoms with Crippen LogP contribution in [0.5, 0.6) is 0 Å². The van der Waals surface area contributed by atoms with E-state index in [9.17, 15) is 0 Å². The monoisotopic (exact) mass is 138 g/mol. The Balaban J connectivity index is 2.81. The van der Waals surface area contributed by atoms with E-state index in [1.807, 2.05) is 0 Å². The van der Waals surface area contributed by atoms with Gasteiger partial charge in [-0.05, 0) is 6.42 Å². The summed E-state index contributed by atoms with van der Waals surface area (Å²) in [6, 6.07) is 0. The minimum atomic E-state index is 0.497. The second-order valence-electron chi connectivity index (χ2n) is 2.04. The number of aromatic nitrogens is 3. The molecule has 0 radical (unpaired) electrons. The Morgan fingerprint density at radius 2 is 2.40 bits per heavy atom. The lowest BCUT2D eigenvalue weighted by molar-refractivity contribution is 0.822. The summed E-state index contributed by atoms with van der Waals surface area (Å²) in [5, 5.41) is 7.45. The summed E-state index contributed by atoms with van der Waals surface area (Å²) in [6.07, 6.45) is 3.23. The summed E-state index contributed by atoms with van der Waals surface area (Å²) in [5.74, 6) is 0.497. The Labute approximate surface area is 59.5 Å². The smallest absolute Gasteiger partial charge is 0.148 e. The fourth-order valence-corrected chi connectivity index (χ4v) is 0.724. The van der Waals surface area contributed by atoms with E-state index in [4.69, 9.17) is 5.73 Å². The van der Waals surface area contributed by atoms with Gasteiger partial charge in [-0.25, -0.2) is 4.98 Å². The molecule has 0 aliphatic rings. The van der Waals surface area contributed by atoms with Gasteiger partial charge in [-0.15, -0.1) is 5.10 Å².